The minimum absolute atomic E-state index is 0.000926. The van der Waals surface area contributed by atoms with Gasteiger partial charge in [-0.25, -0.2) is 4.90 Å². The molecule has 2 N–H and O–H groups in total. The largest absolute Gasteiger partial charge is 0.472 e. The van der Waals surface area contributed by atoms with E-state index in [0.717, 1.165) is 16.7 Å². The Morgan fingerprint density at radius 3 is 2.58 bits per heavy atom. The van der Waals surface area contributed by atoms with Crippen molar-refractivity contribution in [2.24, 2.45) is 0 Å². The Morgan fingerprint density at radius 1 is 1.15 bits per heavy atom. The van der Waals surface area contributed by atoms with Gasteiger partial charge in [-0.3, -0.25) is 23.7 Å². The second kappa shape index (κ2) is 9.39. The fraction of sp³-hybridized carbons (Fsp3) is 0.250. The number of hydrogen-bond acceptors (Lipinski definition) is 8. The number of anilines is 1. The normalized spacial score (nSPS) is 17.1. The Labute approximate surface area is 193 Å². The zero-order chi connectivity index (χ0) is 23.6. The highest BCUT2D eigenvalue weighted by molar-refractivity contribution is 8.14. The molecule has 1 unspecified atom stereocenters. The molecule has 1 fully saturated rings. The van der Waals surface area contributed by atoms with E-state index < -0.39 is 27.7 Å². The number of fused-ring (bicyclic) bond motifs is 1. The number of rotatable bonds is 8. The summed E-state index contributed by atoms with van der Waals surface area (Å²) in [4.78, 5) is 39.7. The highest BCUT2D eigenvalue weighted by Gasteiger charge is 2.37. The molecule has 1 atom stereocenters. The van der Waals surface area contributed by atoms with Crippen LogP contribution in [0.25, 0.3) is 0 Å². The van der Waals surface area contributed by atoms with Crippen molar-refractivity contribution in [3.05, 3.63) is 59.7 Å². The van der Waals surface area contributed by atoms with E-state index >= 15 is 0 Å². The number of thioether (sulfide) groups is 1. The third kappa shape index (κ3) is 5.27. The number of carbonyl (C=O) groups is 3. The molecule has 2 aliphatic rings. The number of ether oxygens (including phenoxy) is 2. The van der Waals surface area contributed by atoms with Crippen LogP contribution in [0.4, 0.5) is 10.5 Å². The van der Waals surface area contributed by atoms with E-state index in [0.29, 0.717) is 5.56 Å². The lowest BCUT2D eigenvalue weighted by Crippen LogP contribution is -2.42. The van der Waals surface area contributed by atoms with Crippen LogP contribution in [0.15, 0.2) is 48.5 Å². The minimum atomic E-state index is -4.50. The maximum atomic E-state index is 12.9. The minimum Gasteiger partial charge on any atom is -0.472 e. The fourth-order valence-corrected chi connectivity index (χ4v) is 4.53. The molecule has 0 spiro atoms. The lowest BCUT2D eigenvalue weighted by molar-refractivity contribution is -0.136. The van der Waals surface area contributed by atoms with Crippen molar-refractivity contribution in [1.29, 1.82) is 0 Å². The van der Waals surface area contributed by atoms with Crippen molar-refractivity contribution in [2.75, 3.05) is 30.4 Å². The van der Waals surface area contributed by atoms with E-state index in [9.17, 15) is 22.8 Å². The molecule has 174 valence electrons. The van der Waals surface area contributed by atoms with Crippen molar-refractivity contribution < 1.29 is 36.8 Å². The summed E-state index contributed by atoms with van der Waals surface area (Å²) in [6, 6.07) is 12.8. The van der Waals surface area contributed by atoms with Gasteiger partial charge in [0.05, 0.1) is 23.6 Å². The summed E-state index contributed by atoms with van der Waals surface area (Å²) < 4.78 is 44.3. The van der Waals surface area contributed by atoms with Gasteiger partial charge in [0, 0.05) is 12.1 Å². The van der Waals surface area contributed by atoms with Crippen molar-refractivity contribution in [2.45, 2.75) is 6.23 Å². The molecule has 0 radical (unpaired) electrons. The molecule has 2 heterocycles. The SMILES string of the molecule is O=C1c2cc(NS(=O)(=O)O)ccc2OCN1CCOC(c1ccccc1)N1C(=O)CSC1=O. The maximum Gasteiger partial charge on any atom is 0.357 e. The lowest BCUT2D eigenvalue weighted by atomic mass is 10.1. The molecular weight excluding hydrogens is 474 g/mol. The third-order valence-corrected chi connectivity index (χ3v) is 6.19. The van der Waals surface area contributed by atoms with Gasteiger partial charge in [-0.15, -0.1) is 0 Å². The number of nitrogens with one attached hydrogen (secondary N) is 1. The summed E-state index contributed by atoms with van der Waals surface area (Å²) in [5.41, 5.74) is 0.726. The van der Waals surface area contributed by atoms with Crippen molar-refractivity contribution in [3.8, 4) is 5.75 Å². The number of benzene rings is 2. The second-order valence-corrected chi connectivity index (χ2v) is 9.16. The van der Waals surface area contributed by atoms with E-state index in [-0.39, 0.29) is 48.5 Å². The first-order valence-electron chi connectivity index (χ1n) is 9.69. The van der Waals surface area contributed by atoms with Crippen LogP contribution in [0.3, 0.4) is 0 Å². The zero-order valence-electron chi connectivity index (χ0n) is 17.0. The number of imide groups is 1. The molecule has 2 aromatic rings. The van der Waals surface area contributed by atoms with Gasteiger partial charge in [0.15, 0.2) is 13.0 Å². The first-order chi connectivity index (χ1) is 15.7. The van der Waals surface area contributed by atoms with Crippen LogP contribution in [0.5, 0.6) is 5.75 Å². The molecule has 0 aliphatic carbocycles. The molecule has 3 amide bonds. The van der Waals surface area contributed by atoms with Crippen molar-refractivity contribution >= 4 is 44.8 Å². The summed E-state index contributed by atoms with van der Waals surface area (Å²) in [5, 5.41) is -0.404. The van der Waals surface area contributed by atoms with Gasteiger partial charge in [0.2, 0.25) is 5.91 Å². The maximum absolute atomic E-state index is 12.9. The summed E-state index contributed by atoms with van der Waals surface area (Å²) in [6.07, 6.45) is -0.931. The van der Waals surface area contributed by atoms with Crippen LogP contribution in [-0.4, -0.2) is 65.5 Å². The Bertz CT molecular complexity index is 1170. The molecule has 1 saturated heterocycles. The van der Waals surface area contributed by atoms with E-state index in [1.807, 2.05) is 4.72 Å². The van der Waals surface area contributed by atoms with Gasteiger partial charge in [-0.2, -0.15) is 8.42 Å². The Kier molecular flexibility index (Phi) is 6.56. The lowest BCUT2D eigenvalue weighted by Gasteiger charge is -2.31. The van der Waals surface area contributed by atoms with Gasteiger partial charge >= 0.3 is 10.3 Å². The summed E-state index contributed by atoms with van der Waals surface area (Å²) in [5.74, 6) is -0.478. The second-order valence-electron chi connectivity index (χ2n) is 7.08. The van der Waals surface area contributed by atoms with E-state index in [1.54, 1.807) is 30.3 Å². The van der Waals surface area contributed by atoms with Gasteiger partial charge in [-0.1, -0.05) is 42.1 Å². The molecule has 11 nitrogen and oxygen atoms in total. The standard InChI is InChI=1S/C20H19N3O8S2/c24-17-11-32-20(26)23(17)19(13-4-2-1-3-5-13)30-9-8-22-12-31-16-7-6-14(21-33(27,28)29)10-15(16)18(22)25/h1-7,10,19,21H,8-9,11-12H2,(H,27,28,29). The van der Waals surface area contributed by atoms with E-state index in [1.165, 1.54) is 23.1 Å². The van der Waals surface area contributed by atoms with Crippen LogP contribution in [0.2, 0.25) is 0 Å². The van der Waals surface area contributed by atoms with Crippen molar-refractivity contribution in [1.82, 2.24) is 9.80 Å². The molecule has 0 saturated carbocycles. The molecular formula is C20H19N3O8S2. The van der Waals surface area contributed by atoms with Gasteiger partial charge in [0.1, 0.15) is 5.75 Å². The van der Waals surface area contributed by atoms with Crippen molar-refractivity contribution in [3.63, 3.8) is 0 Å². The van der Waals surface area contributed by atoms with Crippen LogP contribution < -0.4 is 9.46 Å². The molecule has 4 rings (SSSR count). The van der Waals surface area contributed by atoms with Crippen LogP contribution >= 0.6 is 11.8 Å². The Hall–Kier alpha value is -3.13. The van der Waals surface area contributed by atoms with Crippen LogP contribution in [-0.2, 0) is 19.8 Å². The van der Waals surface area contributed by atoms with Gasteiger partial charge in [-0.05, 0) is 18.2 Å². The summed E-state index contributed by atoms with van der Waals surface area (Å²) >= 11 is 0.902. The number of nitrogens with zero attached hydrogens (tertiary/aromatic N) is 2. The van der Waals surface area contributed by atoms with Crippen LogP contribution in [0, 0.1) is 0 Å². The summed E-state index contributed by atoms with van der Waals surface area (Å²) in [7, 11) is -4.50. The number of hydrogen-bond donors (Lipinski definition) is 2. The van der Waals surface area contributed by atoms with E-state index in [2.05, 4.69) is 0 Å². The summed E-state index contributed by atoms with van der Waals surface area (Å²) in [6.45, 7) is 0.0172. The van der Waals surface area contributed by atoms with Gasteiger partial charge < -0.3 is 14.4 Å². The first kappa shape index (κ1) is 23.0. The van der Waals surface area contributed by atoms with Crippen LogP contribution in [0.1, 0.15) is 22.1 Å². The Morgan fingerprint density at radius 2 is 1.91 bits per heavy atom. The zero-order valence-corrected chi connectivity index (χ0v) is 18.7. The number of amides is 3. The molecule has 33 heavy (non-hydrogen) atoms. The highest BCUT2D eigenvalue weighted by atomic mass is 32.2. The molecule has 0 bridgehead atoms. The van der Waals surface area contributed by atoms with E-state index in [4.69, 9.17) is 14.0 Å². The smallest absolute Gasteiger partial charge is 0.357 e. The van der Waals surface area contributed by atoms with Gasteiger partial charge in [0.25, 0.3) is 11.1 Å². The monoisotopic (exact) mass is 493 g/mol. The molecule has 2 aromatic carbocycles. The quantitative estimate of drug-likeness (QED) is 0.529. The molecule has 2 aliphatic heterocycles. The molecule has 0 aromatic heterocycles. The molecule has 13 heteroatoms. The fourth-order valence-electron chi connectivity index (χ4n) is 3.38. The average molecular weight is 494 g/mol. The predicted octanol–water partition coefficient (Wildman–Crippen LogP) is 2.10. The highest BCUT2D eigenvalue weighted by Crippen LogP contribution is 2.32. The first-order valence-corrected chi connectivity index (χ1v) is 12.1. The predicted molar refractivity (Wildman–Crippen MR) is 118 cm³/mol. The Balaban J connectivity index is 1.45. The number of carbonyl (C=O) groups excluding carboxylic acids is 3. The third-order valence-electron chi connectivity index (χ3n) is 4.86. The topological polar surface area (TPSA) is 143 Å². The average Bonchev–Trinajstić information content (AvgIpc) is 3.10.